The Morgan fingerprint density at radius 2 is 2.05 bits per heavy atom. The number of sulfone groups is 1. The maximum Gasteiger partial charge on any atom is 0.149 e. The molecule has 0 fully saturated rings. The van der Waals surface area contributed by atoms with Crippen LogP contribution in [0.1, 0.15) is 29.6 Å². The first-order valence-corrected chi connectivity index (χ1v) is 10.3. The summed E-state index contributed by atoms with van der Waals surface area (Å²) < 4.78 is 23.2. The fourth-order valence-corrected chi connectivity index (χ4v) is 5.50. The molecule has 0 saturated carbocycles. The van der Waals surface area contributed by atoms with Crippen LogP contribution in [0.4, 0.5) is 5.82 Å². The molecule has 1 unspecified atom stereocenters. The smallest absolute Gasteiger partial charge is 0.149 e. The van der Waals surface area contributed by atoms with Crippen molar-refractivity contribution in [3.63, 3.8) is 0 Å². The summed E-state index contributed by atoms with van der Waals surface area (Å²) in [6.07, 6.45) is 4.66. The van der Waals surface area contributed by atoms with Crippen LogP contribution in [-0.4, -0.2) is 43.5 Å². The second-order valence-corrected chi connectivity index (χ2v) is 9.45. The minimum absolute atomic E-state index is 0.121. The molecule has 0 radical (unpaired) electrons. The molecule has 7 heteroatoms. The van der Waals surface area contributed by atoms with Crippen molar-refractivity contribution in [2.24, 2.45) is 0 Å². The molecule has 1 atom stereocenters. The van der Waals surface area contributed by atoms with Crippen LogP contribution in [0.25, 0.3) is 10.2 Å². The van der Waals surface area contributed by atoms with Gasteiger partial charge in [0.05, 0.1) is 11.1 Å². The summed E-state index contributed by atoms with van der Waals surface area (Å²) in [5, 5.41) is 1.13. The van der Waals surface area contributed by atoms with E-state index >= 15 is 0 Å². The molecule has 3 rings (SSSR count). The zero-order valence-corrected chi connectivity index (χ0v) is 15.0. The number of aryl methyl sites for hydroxylation is 3. The maximum atomic E-state index is 11.6. The van der Waals surface area contributed by atoms with Gasteiger partial charge in [-0.1, -0.05) is 0 Å². The van der Waals surface area contributed by atoms with Gasteiger partial charge in [-0.25, -0.2) is 18.4 Å². The maximum absolute atomic E-state index is 11.6. The summed E-state index contributed by atoms with van der Waals surface area (Å²) in [6, 6.07) is -0.121. The van der Waals surface area contributed by atoms with Crippen molar-refractivity contribution >= 4 is 37.2 Å². The van der Waals surface area contributed by atoms with E-state index in [0.717, 1.165) is 34.7 Å². The number of nitrogens with zero attached hydrogens (tertiary/aromatic N) is 3. The van der Waals surface area contributed by atoms with Crippen molar-refractivity contribution in [1.29, 1.82) is 0 Å². The number of hydrogen-bond acceptors (Lipinski definition) is 6. The average molecular weight is 339 g/mol. The zero-order chi connectivity index (χ0) is 16.1. The van der Waals surface area contributed by atoms with Gasteiger partial charge in [-0.05, 0) is 38.7 Å². The lowest BCUT2D eigenvalue weighted by Crippen LogP contribution is -2.35. The molecule has 0 aliphatic heterocycles. The third kappa shape index (κ3) is 2.84. The molecule has 0 spiro atoms. The summed E-state index contributed by atoms with van der Waals surface area (Å²) in [5.41, 5.74) is 1.37. The van der Waals surface area contributed by atoms with Gasteiger partial charge in [-0.3, -0.25) is 0 Å². The molecule has 5 nitrogen and oxygen atoms in total. The first-order chi connectivity index (χ1) is 10.3. The quantitative estimate of drug-likeness (QED) is 0.856. The molecule has 0 N–H and O–H groups in total. The van der Waals surface area contributed by atoms with Crippen molar-refractivity contribution < 1.29 is 8.42 Å². The molecule has 0 bridgehead atoms. The standard InChI is InChI=1S/C15H21N3O2S2/c1-9(8-22(4,19)20)18(3)14-13-11-6-5-7-12(11)21-15(13)17-10(2)16-14/h9H,5-8H2,1-4H3. The lowest BCUT2D eigenvalue weighted by atomic mass is 10.1. The molecule has 1 aliphatic carbocycles. The van der Waals surface area contributed by atoms with Gasteiger partial charge < -0.3 is 4.90 Å². The van der Waals surface area contributed by atoms with Crippen molar-refractivity contribution in [1.82, 2.24) is 9.97 Å². The van der Waals surface area contributed by atoms with E-state index in [1.807, 2.05) is 25.8 Å². The van der Waals surface area contributed by atoms with Crippen LogP contribution in [-0.2, 0) is 22.7 Å². The monoisotopic (exact) mass is 339 g/mol. The Morgan fingerprint density at radius 3 is 2.73 bits per heavy atom. The molecule has 2 aromatic rings. The van der Waals surface area contributed by atoms with E-state index in [2.05, 4.69) is 9.97 Å². The normalized spacial score (nSPS) is 16.0. The number of rotatable bonds is 4. The van der Waals surface area contributed by atoms with Crippen molar-refractivity contribution in [2.45, 2.75) is 39.2 Å². The van der Waals surface area contributed by atoms with E-state index in [1.54, 1.807) is 11.3 Å². The van der Waals surface area contributed by atoms with E-state index in [9.17, 15) is 8.42 Å². The SMILES string of the molecule is Cc1nc(N(C)C(C)CS(C)(=O)=O)c2c3c(sc2n1)CCC3. The Bertz CT molecular complexity index is 827. The minimum Gasteiger partial charge on any atom is -0.355 e. The van der Waals surface area contributed by atoms with Crippen LogP contribution in [0, 0.1) is 6.92 Å². The van der Waals surface area contributed by atoms with E-state index in [1.165, 1.54) is 23.1 Å². The first kappa shape index (κ1) is 15.7. The van der Waals surface area contributed by atoms with Gasteiger partial charge in [-0.2, -0.15) is 0 Å². The van der Waals surface area contributed by atoms with Crippen LogP contribution < -0.4 is 4.90 Å². The van der Waals surface area contributed by atoms with E-state index in [-0.39, 0.29) is 11.8 Å². The van der Waals surface area contributed by atoms with Gasteiger partial charge in [0.15, 0.2) is 0 Å². The van der Waals surface area contributed by atoms with Crippen molar-refractivity contribution in [3.8, 4) is 0 Å². The third-order valence-electron chi connectivity index (χ3n) is 4.20. The van der Waals surface area contributed by atoms with Gasteiger partial charge in [0.25, 0.3) is 0 Å². The van der Waals surface area contributed by atoms with Gasteiger partial charge in [0.2, 0.25) is 0 Å². The van der Waals surface area contributed by atoms with Crippen LogP contribution in [0.3, 0.4) is 0 Å². The van der Waals surface area contributed by atoms with E-state index in [4.69, 9.17) is 0 Å². The highest BCUT2D eigenvalue weighted by molar-refractivity contribution is 7.90. The van der Waals surface area contributed by atoms with Crippen LogP contribution in [0.2, 0.25) is 0 Å². The summed E-state index contributed by atoms with van der Waals surface area (Å²) >= 11 is 1.76. The summed E-state index contributed by atoms with van der Waals surface area (Å²) in [7, 11) is -1.09. The third-order valence-corrected chi connectivity index (χ3v) is 6.47. The molecule has 2 aromatic heterocycles. The van der Waals surface area contributed by atoms with E-state index < -0.39 is 9.84 Å². The molecule has 2 heterocycles. The van der Waals surface area contributed by atoms with Gasteiger partial charge >= 0.3 is 0 Å². The molecular formula is C15H21N3O2S2. The highest BCUT2D eigenvalue weighted by Crippen LogP contribution is 2.40. The lowest BCUT2D eigenvalue weighted by Gasteiger charge is -2.26. The number of aromatic nitrogens is 2. The largest absolute Gasteiger partial charge is 0.355 e. The predicted octanol–water partition coefficient (Wildman–Crippen LogP) is 2.36. The lowest BCUT2D eigenvalue weighted by molar-refractivity contribution is 0.592. The molecule has 22 heavy (non-hydrogen) atoms. The minimum atomic E-state index is -3.02. The fraction of sp³-hybridized carbons (Fsp3) is 0.600. The number of anilines is 1. The first-order valence-electron chi connectivity index (χ1n) is 7.45. The number of fused-ring (bicyclic) bond motifs is 3. The highest BCUT2D eigenvalue weighted by Gasteiger charge is 2.25. The average Bonchev–Trinajstić information content (AvgIpc) is 2.94. The van der Waals surface area contributed by atoms with E-state index in [0.29, 0.717) is 0 Å². The molecular weight excluding hydrogens is 318 g/mol. The molecule has 120 valence electrons. The van der Waals surface area contributed by atoms with Gasteiger partial charge in [-0.15, -0.1) is 11.3 Å². The molecule has 0 saturated heterocycles. The second-order valence-electron chi connectivity index (χ2n) is 6.18. The summed E-state index contributed by atoms with van der Waals surface area (Å²) in [6.45, 7) is 3.82. The highest BCUT2D eigenvalue weighted by atomic mass is 32.2. The number of thiophene rings is 1. The van der Waals surface area contributed by atoms with Crippen LogP contribution in [0.15, 0.2) is 0 Å². The predicted molar refractivity (Wildman–Crippen MR) is 91.8 cm³/mol. The molecule has 0 amide bonds. The van der Waals surface area contributed by atoms with Crippen LogP contribution in [0.5, 0.6) is 0 Å². The Morgan fingerprint density at radius 1 is 1.32 bits per heavy atom. The van der Waals surface area contributed by atoms with Crippen LogP contribution >= 0.6 is 11.3 Å². The van der Waals surface area contributed by atoms with Crippen molar-refractivity contribution in [2.75, 3.05) is 24.0 Å². The van der Waals surface area contributed by atoms with Gasteiger partial charge in [0.1, 0.15) is 26.3 Å². The summed E-state index contributed by atoms with van der Waals surface area (Å²) in [4.78, 5) is 13.6. The second kappa shape index (κ2) is 5.45. The van der Waals surface area contributed by atoms with Crippen molar-refractivity contribution in [3.05, 3.63) is 16.3 Å². The summed E-state index contributed by atoms with van der Waals surface area (Å²) in [5.74, 6) is 1.74. The topological polar surface area (TPSA) is 63.2 Å². The Hall–Kier alpha value is -1.21. The number of hydrogen-bond donors (Lipinski definition) is 0. The zero-order valence-electron chi connectivity index (χ0n) is 13.4. The Labute approximate surface area is 135 Å². The Kier molecular flexibility index (Phi) is 3.89. The molecule has 0 aromatic carbocycles. The molecule has 1 aliphatic rings. The van der Waals surface area contributed by atoms with Gasteiger partial charge in [0, 0.05) is 24.2 Å². The fourth-order valence-electron chi connectivity index (χ4n) is 3.09. The Balaban J connectivity index is 2.09.